The summed E-state index contributed by atoms with van der Waals surface area (Å²) >= 11 is 0. The van der Waals surface area contributed by atoms with Crippen molar-refractivity contribution in [2.24, 2.45) is 7.05 Å². The van der Waals surface area contributed by atoms with E-state index in [2.05, 4.69) is 25.8 Å². The predicted octanol–water partition coefficient (Wildman–Crippen LogP) is 3.39. The van der Waals surface area contributed by atoms with Gasteiger partial charge >= 0.3 is 6.03 Å². The molecule has 0 radical (unpaired) electrons. The van der Waals surface area contributed by atoms with Crippen molar-refractivity contribution in [2.45, 2.75) is 31.7 Å². The lowest BCUT2D eigenvalue weighted by Crippen LogP contribution is -2.35. The molecule has 2 aromatic heterocycles. The molecule has 4 heterocycles. The van der Waals surface area contributed by atoms with E-state index in [0.717, 1.165) is 44.0 Å². The monoisotopic (exact) mass is 339 g/mol. The number of pyridine rings is 1. The van der Waals surface area contributed by atoms with Crippen molar-refractivity contribution < 1.29 is 4.79 Å². The summed E-state index contributed by atoms with van der Waals surface area (Å²) in [6.07, 6.45) is 8.31. The molecule has 25 heavy (non-hydrogen) atoms. The van der Waals surface area contributed by atoms with E-state index in [-0.39, 0.29) is 12.1 Å². The number of carbonyl (C=O) groups excluding carboxylic acids is 1. The van der Waals surface area contributed by atoms with Crippen LogP contribution < -0.4 is 10.2 Å². The average molecular weight is 339 g/mol. The van der Waals surface area contributed by atoms with Gasteiger partial charge in [-0.2, -0.15) is 0 Å². The maximum absolute atomic E-state index is 12.7. The van der Waals surface area contributed by atoms with Crippen LogP contribution >= 0.6 is 0 Å². The van der Waals surface area contributed by atoms with Crippen LogP contribution in [0, 0.1) is 0 Å². The van der Waals surface area contributed by atoms with Gasteiger partial charge in [0, 0.05) is 38.6 Å². The first-order valence-corrected chi connectivity index (χ1v) is 9.12. The largest absolute Gasteiger partial charge is 0.357 e. The second-order valence-electron chi connectivity index (χ2n) is 6.92. The number of nitrogens with one attached hydrogen (secondary N) is 1. The number of rotatable bonds is 3. The Morgan fingerprint density at radius 1 is 1.16 bits per heavy atom. The number of amides is 2. The highest BCUT2D eigenvalue weighted by Gasteiger charge is 2.31. The second kappa shape index (κ2) is 6.78. The molecule has 6 heteroatoms. The molecule has 1 N–H and O–H groups in total. The van der Waals surface area contributed by atoms with Crippen LogP contribution in [0.3, 0.4) is 0 Å². The lowest BCUT2D eigenvalue weighted by molar-refractivity contribution is 0.205. The number of anilines is 2. The Kier molecular flexibility index (Phi) is 4.34. The Balaban J connectivity index is 1.43. The number of hydrogen-bond donors (Lipinski definition) is 1. The van der Waals surface area contributed by atoms with E-state index < -0.39 is 0 Å². The molecule has 0 aliphatic carbocycles. The molecule has 2 amide bonds. The minimum absolute atomic E-state index is 0.0422. The van der Waals surface area contributed by atoms with E-state index in [9.17, 15) is 4.79 Å². The normalized spacial score (nSPS) is 20.3. The van der Waals surface area contributed by atoms with E-state index in [1.807, 2.05) is 36.3 Å². The highest BCUT2D eigenvalue weighted by molar-refractivity contribution is 5.89. The molecule has 2 aliphatic rings. The molecule has 1 atom stereocenters. The van der Waals surface area contributed by atoms with Crippen LogP contribution in [0.4, 0.5) is 16.3 Å². The number of urea groups is 1. The zero-order valence-corrected chi connectivity index (χ0v) is 14.7. The summed E-state index contributed by atoms with van der Waals surface area (Å²) in [6, 6.07) is 8.19. The van der Waals surface area contributed by atoms with Crippen LogP contribution in [-0.2, 0) is 7.05 Å². The van der Waals surface area contributed by atoms with E-state index in [1.165, 1.54) is 18.5 Å². The molecule has 0 spiro atoms. The molecule has 2 fully saturated rings. The molecule has 132 valence electrons. The van der Waals surface area contributed by atoms with Gasteiger partial charge in [-0.25, -0.2) is 9.78 Å². The molecule has 2 aliphatic heterocycles. The van der Waals surface area contributed by atoms with Crippen molar-refractivity contribution in [3.05, 3.63) is 42.4 Å². The summed E-state index contributed by atoms with van der Waals surface area (Å²) in [7, 11) is 2.03. The molecule has 0 aromatic carbocycles. The minimum Gasteiger partial charge on any atom is -0.357 e. The molecule has 2 saturated heterocycles. The van der Waals surface area contributed by atoms with Gasteiger partial charge in [-0.3, -0.25) is 0 Å². The van der Waals surface area contributed by atoms with E-state index in [0.29, 0.717) is 0 Å². The van der Waals surface area contributed by atoms with Crippen LogP contribution in [0.2, 0.25) is 0 Å². The molecule has 0 unspecified atom stereocenters. The summed E-state index contributed by atoms with van der Waals surface area (Å²) in [5.41, 5.74) is 1.95. The summed E-state index contributed by atoms with van der Waals surface area (Å²) in [4.78, 5) is 21.5. The fourth-order valence-corrected chi connectivity index (χ4v) is 3.93. The summed E-state index contributed by atoms with van der Waals surface area (Å²) < 4.78 is 2.10. The van der Waals surface area contributed by atoms with Crippen LogP contribution in [0.25, 0.3) is 0 Å². The molecular formula is C19H25N5O. The van der Waals surface area contributed by atoms with E-state index >= 15 is 0 Å². The first kappa shape index (κ1) is 16.0. The third-order valence-corrected chi connectivity index (χ3v) is 5.27. The highest BCUT2D eigenvalue weighted by atomic mass is 16.2. The van der Waals surface area contributed by atoms with Crippen molar-refractivity contribution >= 4 is 17.5 Å². The van der Waals surface area contributed by atoms with Crippen LogP contribution in [0.5, 0.6) is 0 Å². The summed E-state index contributed by atoms with van der Waals surface area (Å²) in [5.74, 6) is 0.998. The molecule has 4 rings (SSSR count). The third kappa shape index (κ3) is 3.21. The number of hydrogen-bond acceptors (Lipinski definition) is 3. The standard InChI is InChI=1S/C19H25N5O/c1-22-10-4-6-16(22)17-7-5-13-24(17)19(25)21-15-8-9-18(20-14-15)23-11-2-3-12-23/h4,6,8-10,14,17H,2-3,5,7,11-13H2,1H3,(H,21,25)/t17-/m0/s1. The molecule has 0 bridgehead atoms. The molecule has 6 nitrogen and oxygen atoms in total. The Bertz CT molecular complexity index is 733. The van der Waals surface area contributed by atoms with Crippen LogP contribution in [-0.4, -0.2) is 40.1 Å². The zero-order valence-electron chi connectivity index (χ0n) is 14.7. The van der Waals surface area contributed by atoms with E-state index in [4.69, 9.17) is 0 Å². The SMILES string of the molecule is Cn1cccc1[C@@H]1CCCN1C(=O)Nc1ccc(N2CCCC2)nc1. The Labute approximate surface area is 148 Å². The number of aromatic nitrogens is 2. The predicted molar refractivity (Wildman–Crippen MR) is 98.8 cm³/mol. The smallest absolute Gasteiger partial charge is 0.322 e. The van der Waals surface area contributed by atoms with Gasteiger partial charge in [0.05, 0.1) is 17.9 Å². The Hall–Kier alpha value is -2.50. The van der Waals surface area contributed by atoms with Gasteiger partial charge in [0.15, 0.2) is 0 Å². The fraction of sp³-hybridized carbons (Fsp3) is 0.474. The second-order valence-corrected chi connectivity index (χ2v) is 6.92. The average Bonchev–Trinajstić information content (AvgIpc) is 3.36. The molecule has 2 aromatic rings. The van der Waals surface area contributed by atoms with Crippen LogP contribution in [0.15, 0.2) is 36.7 Å². The maximum atomic E-state index is 12.7. The maximum Gasteiger partial charge on any atom is 0.322 e. The van der Waals surface area contributed by atoms with Crippen molar-refractivity contribution in [3.63, 3.8) is 0 Å². The zero-order chi connectivity index (χ0) is 17.2. The number of likely N-dealkylation sites (tertiary alicyclic amines) is 1. The fourth-order valence-electron chi connectivity index (χ4n) is 3.93. The number of nitrogens with zero attached hydrogens (tertiary/aromatic N) is 4. The highest BCUT2D eigenvalue weighted by Crippen LogP contribution is 2.32. The van der Waals surface area contributed by atoms with Gasteiger partial charge in [0.2, 0.25) is 0 Å². The number of aryl methyl sites for hydroxylation is 1. The van der Waals surface area contributed by atoms with Crippen molar-refractivity contribution in [1.82, 2.24) is 14.5 Å². The van der Waals surface area contributed by atoms with Gasteiger partial charge in [-0.05, 0) is 49.9 Å². The third-order valence-electron chi connectivity index (χ3n) is 5.27. The van der Waals surface area contributed by atoms with Crippen molar-refractivity contribution in [2.75, 3.05) is 29.9 Å². The van der Waals surface area contributed by atoms with Crippen LogP contribution in [0.1, 0.15) is 37.4 Å². The Morgan fingerprint density at radius 3 is 2.68 bits per heavy atom. The first-order chi connectivity index (χ1) is 12.2. The quantitative estimate of drug-likeness (QED) is 0.932. The lowest BCUT2D eigenvalue weighted by Gasteiger charge is -2.25. The van der Waals surface area contributed by atoms with Gasteiger partial charge in [-0.15, -0.1) is 0 Å². The number of carbonyl (C=O) groups is 1. The topological polar surface area (TPSA) is 53.4 Å². The van der Waals surface area contributed by atoms with E-state index in [1.54, 1.807) is 6.20 Å². The first-order valence-electron chi connectivity index (χ1n) is 9.12. The minimum atomic E-state index is -0.0422. The summed E-state index contributed by atoms with van der Waals surface area (Å²) in [5, 5.41) is 3.01. The van der Waals surface area contributed by atoms with Gasteiger partial charge in [-0.1, -0.05) is 0 Å². The lowest BCUT2D eigenvalue weighted by atomic mass is 10.1. The summed E-state index contributed by atoms with van der Waals surface area (Å²) in [6.45, 7) is 2.94. The van der Waals surface area contributed by atoms with Gasteiger partial charge in [0.25, 0.3) is 0 Å². The van der Waals surface area contributed by atoms with Gasteiger partial charge < -0.3 is 19.7 Å². The molecular weight excluding hydrogens is 314 g/mol. The van der Waals surface area contributed by atoms with Crippen molar-refractivity contribution in [1.29, 1.82) is 0 Å². The van der Waals surface area contributed by atoms with Gasteiger partial charge in [0.1, 0.15) is 5.82 Å². The Morgan fingerprint density at radius 2 is 2.00 bits per heavy atom. The molecule has 0 saturated carbocycles. The van der Waals surface area contributed by atoms with Crippen molar-refractivity contribution in [3.8, 4) is 0 Å².